The monoisotopic (exact) mass is 259 g/mol. The van der Waals surface area contributed by atoms with Crippen molar-refractivity contribution in [1.29, 1.82) is 0 Å². The maximum Gasteiger partial charge on any atom is 0.123 e. The summed E-state index contributed by atoms with van der Waals surface area (Å²) in [6.45, 7) is 5.05. The number of rotatable bonds is 3. The summed E-state index contributed by atoms with van der Waals surface area (Å²) in [4.78, 5) is 9.87. The molecule has 3 rings (SSSR count). The standard InChI is InChI=1S/C15H18FN3/c1-11-15(18-10-17-11)9-19-7-6-13(8-19)12-2-4-14(16)5-3-12/h2-5,10,13H,6-9H2,1H3,(H,17,18)/t13-/m1/s1. The predicted octanol–water partition coefficient (Wildman–Crippen LogP) is 2.85. The number of nitrogens with one attached hydrogen (secondary N) is 1. The third-order valence-electron chi connectivity index (χ3n) is 3.92. The van der Waals surface area contributed by atoms with Crippen LogP contribution in [0.3, 0.4) is 0 Å². The van der Waals surface area contributed by atoms with Crippen molar-refractivity contribution in [3.8, 4) is 0 Å². The first kappa shape index (κ1) is 12.4. The second-order valence-corrected chi connectivity index (χ2v) is 5.25. The van der Waals surface area contributed by atoms with Gasteiger partial charge in [-0.2, -0.15) is 0 Å². The van der Waals surface area contributed by atoms with Gasteiger partial charge in [0.15, 0.2) is 0 Å². The Balaban J connectivity index is 1.64. The first-order chi connectivity index (χ1) is 9.22. The van der Waals surface area contributed by atoms with E-state index in [4.69, 9.17) is 0 Å². The van der Waals surface area contributed by atoms with Crippen LogP contribution in [0.25, 0.3) is 0 Å². The molecule has 0 spiro atoms. The van der Waals surface area contributed by atoms with Crippen molar-refractivity contribution in [2.45, 2.75) is 25.8 Å². The molecule has 1 N–H and O–H groups in total. The number of imidazole rings is 1. The number of aromatic nitrogens is 2. The van der Waals surface area contributed by atoms with Crippen LogP contribution in [-0.4, -0.2) is 28.0 Å². The summed E-state index contributed by atoms with van der Waals surface area (Å²) in [5.41, 5.74) is 3.51. The van der Waals surface area contributed by atoms with Gasteiger partial charge in [0.25, 0.3) is 0 Å². The van der Waals surface area contributed by atoms with E-state index >= 15 is 0 Å². The van der Waals surface area contributed by atoms with Crippen LogP contribution in [0.2, 0.25) is 0 Å². The fraction of sp³-hybridized carbons (Fsp3) is 0.400. The highest BCUT2D eigenvalue weighted by Crippen LogP contribution is 2.28. The summed E-state index contributed by atoms with van der Waals surface area (Å²) in [6, 6.07) is 6.91. The Hall–Kier alpha value is -1.68. The summed E-state index contributed by atoms with van der Waals surface area (Å²) >= 11 is 0. The predicted molar refractivity (Wildman–Crippen MR) is 72.4 cm³/mol. The number of aryl methyl sites for hydroxylation is 1. The number of hydrogen-bond acceptors (Lipinski definition) is 2. The number of hydrogen-bond donors (Lipinski definition) is 1. The van der Waals surface area contributed by atoms with Crippen molar-refractivity contribution in [2.24, 2.45) is 0 Å². The van der Waals surface area contributed by atoms with Crippen LogP contribution in [0.4, 0.5) is 4.39 Å². The van der Waals surface area contributed by atoms with E-state index in [0.29, 0.717) is 5.92 Å². The molecule has 1 aliphatic heterocycles. The van der Waals surface area contributed by atoms with E-state index in [2.05, 4.69) is 21.8 Å². The van der Waals surface area contributed by atoms with E-state index < -0.39 is 0 Å². The van der Waals surface area contributed by atoms with Crippen LogP contribution in [0.1, 0.15) is 29.3 Å². The third-order valence-corrected chi connectivity index (χ3v) is 3.92. The topological polar surface area (TPSA) is 31.9 Å². The molecular formula is C15H18FN3. The molecular weight excluding hydrogens is 241 g/mol. The van der Waals surface area contributed by atoms with Crippen molar-refractivity contribution in [3.05, 3.63) is 53.4 Å². The molecule has 4 heteroatoms. The molecule has 0 unspecified atom stereocenters. The molecule has 0 saturated carbocycles. The fourth-order valence-corrected chi connectivity index (χ4v) is 2.74. The van der Waals surface area contributed by atoms with Gasteiger partial charge in [0, 0.05) is 18.8 Å². The molecule has 0 amide bonds. The lowest BCUT2D eigenvalue weighted by Gasteiger charge is -2.15. The Morgan fingerprint density at radius 1 is 1.37 bits per heavy atom. The molecule has 1 aromatic carbocycles. The van der Waals surface area contributed by atoms with E-state index in [0.717, 1.165) is 37.4 Å². The molecule has 1 saturated heterocycles. The lowest BCUT2D eigenvalue weighted by molar-refractivity contribution is 0.322. The molecule has 3 nitrogen and oxygen atoms in total. The summed E-state index contributed by atoms with van der Waals surface area (Å²) in [5, 5.41) is 0. The minimum atomic E-state index is -0.161. The van der Waals surface area contributed by atoms with Gasteiger partial charge in [-0.15, -0.1) is 0 Å². The maximum absolute atomic E-state index is 12.9. The van der Waals surface area contributed by atoms with Gasteiger partial charge in [0.2, 0.25) is 0 Å². The Morgan fingerprint density at radius 2 is 2.16 bits per heavy atom. The number of likely N-dealkylation sites (tertiary alicyclic amines) is 1. The van der Waals surface area contributed by atoms with E-state index in [1.54, 1.807) is 18.5 Å². The Labute approximate surface area is 112 Å². The van der Waals surface area contributed by atoms with Gasteiger partial charge in [-0.3, -0.25) is 4.90 Å². The Kier molecular flexibility index (Phi) is 3.34. The second-order valence-electron chi connectivity index (χ2n) is 5.25. The molecule has 1 atom stereocenters. The Morgan fingerprint density at radius 3 is 2.84 bits per heavy atom. The third kappa shape index (κ3) is 2.68. The van der Waals surface area contributed by atoms with Crippen molar-refractivity contribution >= 4 is 0 Å². The lowest BCUT2D eigenvalue weighted by Crippen LogP contribution is -2.20. The van der Waals surface area contributed by atoms with E-state index in [1.165, 1.54) is 5.56 Å². The number of H-pyrrole nitrogens is 1. The highest BCUT2D eigenvalue weighted by atomic mass is 19.1. The highest BCUT2D eigenvalue weighted by Gasteiger charge is 2.24. The smallest absolute Gasteiger partial charge is 0.123 e. The van der Waals surface area contributed by atoms with E-state index in [1.807, 2.05) is 12.1 Å². The number of aromatic amines is 1. The van der Waals surface area contributed by atoms with E-state index in [-0.39, 0.29) is 5.82 Å². The van der Waals surface area contributed by atoms with Gasteiger partial charge in [-0.25, -0.2) is 9.37 Å². The first-order valence-electron chi connectivity index (χ1n) is 6.69. The molecule has 100 valence electrons. The fourth-order valence-electron chi connectivity index (χ4n) is 2.74. The van der Waals surface area contributed by atoms with Crippen LogP contribution in [0, 0.1) is 12.7 Å². The van der Waals surface area contributed by atoms with Crippen LogP contribution in [-0.2, 0) is 6.54 Å². The zero-order valence-corrected chi connectivity index (χ0v) is 11.1. The first-order valence-corrected chi connectivity index (χ1v) is 6.69. The van der Waals surface area contributed by atoms with Crippen molar-refractivity contribution in [3.63, 3.8) is 0 Å². The SMILES string of the molecule is Cc1[nH]cnc1CN1CC[C@@H](c2ccc(F)cc2)C1. The summed E-state index contributed by atoms with van der Waals surface area (Å²) in [7, 11) is 0. The molecule has 1 fully saturated rings. The zero-order chi connectivity index (χ0) is 13.2. The summed E-state index contributed by atoms with van der Waals surface area (Å²) < 4.78 is 12.9. The van der Waals surface area contributed by atoms with Gasteiger partial charge in [0.05, 0.1) is 12.0 Å². The minimum Gasteiger partial charge on any atom is -0.348 e. The summed E-state index contributed by atoms with van der Waals surface area (Å²) in [5.74, 6) is 0.352. The van der Waals surface area contributed by atoms with Crippen LogP contribution >= 0.6 is 0 Å². The highest BCUT2D eigenvalue weighted by molar-refractivity contribution is 5.22. The van der Waals surface area contributed by atoms with Gasteiger partial charge < -0.3 is 4.98 Å². The number of halogens is 1. The molecule has 0 radical (unpaired) electrons. The number of benzene rings is 1. The molecule has 2 aromatic rings. The number of nitrogens with zero attached hydrogens (tertiary/aromatic N) is 2. The van der Waals surface area contributed by atoms with Gasteiger partial charge in [-0.05, 0) is 43.5 Å². The Bertz CT molecular complexity index is 547. The maximum atomic E-state index is 12.9. The lowest BCUT2D eigenvalue weighted by atomic mass is 9.99. The van der Waals surface area contributed by atoms with Crippen LogP contribution < -0.4 is 0 Å². The van der Waals surface area contributed by atoms with Crippen LogP contribution in [0.5, 0.6) is 0 Å². The zero-order valence-electron chi connectivity index (χ0n) is 11.1. The largest absolute Gasteiger partial charge is 0.348 e. The van der Waals surface area contributed by atoms with Crippen molar-refractivity contribution in [2.75, 3.05) is 13.1 Å². The van der Waals surface area contributed by atoms with Crippen molar-refractivity contribution < 1.29 is 4.39 Å². The average Bonchev–Trinajstić information content (AvgIpc) is 3.01. The van der Waals surface area contributed by atoms with Crippen LogP contribution in [0.15, 0.2) is 30.6 Å². The summed E-state index contributed by atoms with van der Waals surface area (Å²) in [6.07, 6.45) is 2.88. The van der Waals surface area contributed by atoms with E-state index in [9.17, 15) is 4.39 Å². The van der Waals surface area contributed by atoms with Gasteiger partial charge in [0.1, 0.15) is 5.82 Å². The molecule has 0 bridgehead atoms. The quantitative estimate of drug-likeness (QED) is 0.919. The minimum absolute atomic E-state index is 0.161. The molecule has 19 heavy (non-hydrogen) atoms. The second kappa shape index (κ2) is 5.13. The molecule has 0 aliphatic carbocycles. The van der Waals surface area contributed by atoms with Gasteiger partial charge >= 0.3 is 0 Å². The normalized spacial score (nSPS) is 20.0. The average molecular weight is 259 g/mol. The van der Waals surface area contributed by atoms with Gasteiger partial charge in [-0.1, -0.05) is 12.1 Å². The molecule has 2 heterocycles. The molecule has 1 aliphatic rings. The van der Waals surface area contributed by atoms with Crippen molar-refractivity contribution in [1.82, 2.24) is 14.9 Å². The molecule has 1 aromatic heterocycles.